The van der Waals surface area contributed by atoms with Crippen LogP contribution in [-0.4, -0.2) is 66.2 Å². The predicted molar refractivity (Wildman–Crippen MR) is 198 cm³/mol. The van der Waals surface area contributed by atoms with Gasteiger partial charge in [0.15, 0.2) is 0 Å². The lowest BCUT2D eigenvalue weighted by Crippen LogP contribution is -2.41. The van der Waals surface area contributed by atoms with Crippen LogP contribution in [0.5, 0.6) is 0 Å². The van der Waals surface area contributed by atoms with Crippen molar-refractivity contribution in [2.75, 3.05) is 32.2 Å². The van der Waals surface area contributed by atoms with E-state index in [0.717, 1.165) is 42.2 Å². The topological polar surface area (TPSA) is 78.9 Å². The number of ether oxygens (including phenoxy) is 1. The van der Waals surface area contributed by atoms with E-state index in [1.165, 1.54) is 63.4 Å². The minimum absolute atomic E-state index is 0.337. The fourth-order valence-electron chi connectivity index (χ4n) is 5.66. The molecule has 1 saturated carbocycles. The molecule has 1 aliphatic heterocycles. The number of carbonyl (C=O) groups excluding carboxylic acids is 1. The first kappa shape index (κ1) is 41.7. The number of nitrogens with zero attached hydrogens (tertiary/aromatic N) is 1. The maximum Gasteiger partial charge on any atom is 0.326 e. The van der Waals surface area contributed by atoms with Crippen molar-refractivity contribution in [3.05, 3.63) is 59.2 Å². The summed E-state index contributed by atoms with van der Waals surface area (Å²) in [5.41, 5.74) is 4.64. The number of methoxy groups -OCH3 is 1. The lowest BCUT2D eigenvalue weighted by molar-refractivity contribution is -0.139. The van der Waals surface area contributed by atoms with E-state index in [1.54, 1.807) is 11.8 Å². The van der Waals surface area contributed by atoms with Gasteiger partial charge in [-0.25, -0.2) is 4.79 Å². The highest BCUT2D eigenvalue weighted by Gasteiger charge is 2.24. The van der Waals surface area contributed by atoms with Crippen molar-refractivity contribution < 1.29 is 19.4 Å². The number of hydrogen-bond donors (Lipinski definition) is 2. The van der Waals surface area contributed by atoms with Gasteiger partial charge in [-0.2, -0.15) is 11.8 Å². The second kappa shape index (κ2) is 24.8. The van der Waals surface area contributed by atoms with Gasteiger partial charge >= 0.3 is 5.97 Å². The Hall–Kier alpha value is -2.35. The van der Waals surface area contributed by atoms with Gasteiger partial charge in [0.25, 0.3) is 5.91 Å². The molecule has 0 aromatic heterocycles. The van der Waals surface area contributed by atoms with Gasteiger partial charge in [0, 0.05) is 25.8 Å². The Balaban J connectivity index is 0.000000629. The van der Waals surface area contributed by atoms with Crippen molar-refractivity contribution in [2.45, 2.75) is 124 Å². The minimum atomic E-state index is -0.999. The summed E-state index contributed by atoms with van der Waals surface area (Å²) in [6.07, 6.45) is 14.7. The molecule has 0 bridgehead atoms. The molecule has 2 aromatic carbocycles. The zero-order valence-corrected chi connectivity index (χ0v) is 31.0. The SMILES string of the molecule is CC.CCC1CCN(Cc2ccc(C(=O)NC(CCSC)C(=O)O)c(-c3ccccc3C)c2)C1.CCCC.COC1CCCCC1. The van der Waals surface area contributed by atoms with Crippen molar-refractivity contribution >= 4 is 23.6 Å². The molecule has 2 unspecified atom stereocenters. The Bertz CT molecular complexity index is 1120. The van der Waals surface area contributed by atoms with E-state index < -0.39 is 12.0 Å². The molecule has 1 aliphatic carbocycles. The predicted octanol–water partition coefficient (Wildman–Crippen LogP) is 9.63. The average Bonchev–Trinajstić information content (AvgIpc) is 3.55. The lowest BCUT2D eigenvalue weighted by Gasteiger charge is -2.20. The monoisotopic (exact) mass is 656 g/mol. The first-order valence-corrected chi connectivity index (χ1v) is 19.1. The third-order valence-electron chi connectivity index (χ3n) is 8.72. The van der Waals surface area contributed by atoms with Crippen molar-refractivity contribution in [2.24, 2.45) is 5.92 Å². The number of carbonyl (C=O) groups is 2. The number of amides is 1. The zero-order valence-electron chi connectivity index (χ0n) is 30.2. The molecular formula is C39H64N2O4S. The average molecular weight is 657 g/mol. The van der Waals surface area contributed by atoms with Crippen LogP contribution in [0.4, 0.5) is 0 Å². The van der Waals surface area contributed by atoms with Gasteiger partial charge in [-0.05, 0) is 91.5 Å². The van der Waals surface area contributed by atoms with E-state index in [0.29, 0.717) is 23.8 Å². The van der Waals surface area contributed by atoms with Crippen LogP contribution in [-0.2, 0) is 16.1 Å². The number of aryl methyl sites for hydroxylation is 1. The summed E-state index contributed by atoms with van der Waals surface area (Å²) in [6.45, 7) is 15.7. The summed E-state index contributed by atoms with van der Waals surface area (Å²) in [5, 5.41) is 12.3. The van der Waals surface area contributed by atoms with E-state index >= 15 is 0 Å². The smallest absolute Gasteiger partial charge is 0.326 e. The quantitative estimate of drug-likeness (QED) is 0.237. The van der Waals surface area contributed by atoms with Crippen LogP contribution in [0.15, 0.2) is 42.5 Å². The van der Waals surface area contributed by atoms with Crippen molar-refractivity contribution in [3.8, 4) is 11.1 Å². The normalized spacial score (nSPS) is 16.9. The summed E-state index contributed by atoms with van der Waals surface area (Å²) >= 11 is 1.57. The van der Waals surface area contributed by atoms with Crippen LogP contribution in [0.2, 0.25) is 0 Å². The summed E-state index contributed by atoms with van der Waals surface area (Å²) in [5.74, 6) is 0.108. The van der Waals surface area contributed by atoms with Crippen molar-refractivity contribution in [1.29, 1.82) is 0 Å². The Morgan fingerprint density at radius 2 is 1.67 bits per heavy atom. The number of likely N-dealkylation sites (tertiary alicyclic amines) is 1. The highest BCUT2D eigenvalue weighted by atomic mass is 32.2. The van der Waals surface area contributed by atoms with Crippen LogP contribution in [0.25, 0.3) is 11.1 Å². The molecule has 2 aliphatic rings. The summed E-state index contributed by atoms with van der Waals surface area (Å²) in [7, 11) is 1.82. The van der Waals surface area contributed by atoms with Gasteiger partial charge in [0.05, 0.1) is 6.10 Å². The molecule has 260 valence electrons. The van der Waals surface area contributed by atoms with Gasteiger partial charge in [-0.15, -0.1) is 0 Å². The Kier molecular flexibility index (Phi) is 22.4. The number of nitrogens with one attached hydrogen (secondary N) is 1. The molecule has 1 amide bonds. The maximum atomic E-state index is 13.2. The summed E-state index contributed by atoms with van der Waals surface area (Å²) in [4.78, 5) is 27.3. The van der Waals surface area contributed by atoms with Gasteiger partial charge < -0.3 is 15.2 Å². The second-order valence-electron chi connectivity index (χ2n) is 12.1. The first-order valence-electron chi connectivity index (χ1n) is 17.7. The van der Waals surface area contributed by atoms with Crippen molar-refractivity contribution in [1.82, 2.24) is 10.2 Å². The molecule has 7 heteroatoms. The fourth-order valence-corrected chi connectivity index (χ4v) is 6.13. The highest BCUT2D eigenvalue weighted by Crippen LogP contribution is 2.30. The van der Waals surface area contributed by atoms with Gasteiger partial charge in [0.2, 0.25) is 0 Å². The number of thioether (sulfide) groups is 1. The molecule has 1 saturated heterocycles. The van der Waals surface area contributed by atoms with Crippen LogP contribution in [0.1, 0.15) is 120 Å². The number of unbranched alkanes of at least 4 members (excludes halogenated alkanes) is 1. The molecule has 2 N–H and O–H groups in total. The molecular weight excluding hydrogens is 593 g/mol. The van der Waals surface area contributed by atoms with Crippen molar-refractivity contribution in [3.63, 3.8) is 0 Å². The number of carboxylic acids is 1. The molecule has 2 atom stereocenters. The van der Waals surface area contributed by atoms with Crippen LogP contribution in [0, 0.1) is 12.8 Å². The van der Waals surface area contributed by atoms with E-state index in [4.69, 9.17) is 4.74 Å². The van der Waals surface area contributed by atoms with Gasteiger partial charge in [0.1, 0.15) is 6.04 Å². The van der Waals surface area contributed by atoms with Crippen LogP contribution in [0.3, 0.4) is 0 Å². The molecule has 0 spiro atoms. The number of aliphatic carboxylic acids is 1. The Morgan fingerprint density at radius 1 is 1.00 bits per heavy atom. The van der Waals surface area contributed by atoms with E-state index in [-0.39, 0.29) is 5.91 Å². The van der Waals surface area contributed by atoms with E-state index in [2.05, 4.69) is 37.1 Å². The highest BCUT2D eigenvalue weighted by molar-refractivity contribution is 7.98. The second-order valence-corrected chi connectivity index (χ2v) is 13.1. The molecule has 0 radical (unpaired) electrons. The van der Waals surface area contributed by atoms with Gasteiger partial charge in [-0.3, -0.25) is 9.69 Å². The fraction of sp³-hybridized carbons (Fsp3) is 0.641. The van der Waals surface area contributed by atoms with E-state index in [1.807, 2.05) is 70.5 Å². The zero-order chi connectivity index (χ0) is 34.3. The maximum absolute atomic E-state index is 13.2. The van der Waals surface area contributed by atoms with Crippen LogP contribution >= 0.6 is 11.8 Å². The Labute approximate surface area is 285 Å². The molecule has 4 rings (SSSR count). The molecule has 46 heavy (non-hydrogen) atoms. The molecule has 6 nitrogen and oxygen atoms in total. The number of hydrogen-bond acceptors (Lipinski definition) is 5. The summed E-state index contributed by atoms with van der Waals surface area (Å²) < 4.78 is 5.19. The lowest BCUT2D eigenvalue weighted by atomic mass is 9.93. The third-order valence-corrected chi connectivity index (χ3v) is 9.36. The van der Waals surface area contributed by atoms with Gasteiger partial charge in [-0.1, -0.05) is 103 Å². The molecule has 2 fully saturated rings. The standard InChI is InChI=1S/C26H34N2O3S.C7H14O.C4H10.C2H6/c1-4-19-11-13-28(16-19)17-20-9-10-22(23(15-20)21-8-6-5-7-18(21)2)25(29)27-24(26(30)31)12-14-32-3;1-8-7-5-3-2-4-6-7;1-3-4-2;1-2/h5-10,15,19,24H,4,11-14,16-17H2,1-3H3,(H,27,29)(H,30,31);7H,2-6H2,1H3;3-4H2,1-2H3;1-2H3. The number of carboxylic acid groups (broad SMARTS) is 1. The molecule has 2 aromatic rings. The largest absolute Gasteiger partial charge is 0.480 e. The Morgan fingerprint density at radius 3 is 2.20 bits per heavy atom. The third kappa shape index (κ3) is 15.0. The minimum Gasteiger partial charge on any atom is -0.480 e. The van der Waals surface area contributed by atoms with E-state index in [9.17, 15) is 14.7 Å². The molecule has 1 heterocycles. The number of benzene rings is 2. The number of rotatable bonds is 12. The first-order chi connectivity index (χ1) is 22.3. The van der Waals surface area contributed by atoms with Crippen LogP contribution < -0.4 is 5.32 Å². The summed E-state index contributed by atoms with van der Waals surface area (Å²) in [6, 6.07) is 13.1.